The van der Waals surface area contributed by atoms with E-state index in [2.05, 4.69) is 39.0 Å². The van der Waals surface area contributed by atoms with E-state index in [1.807, 2.05) is 18.2 Å². The van der Waals surface area contributed by atoms with Crippen LogP contribution < -0.4 is 0 Å². The van der Waals surface area contributed by atoms with Crippen molar-refractivity contribution >= 4 is 22.1 Å². The Morgan fingerprint density at radius 3 is 2.10 bits per heavy atom. The van der Waals surface area contributed by atoms with E-state index in [9.17, 15) is 4.79 Å². The van der Waals surface area contributed by atoms with Crippen LogP contribution in [0.5, 0.6) is 0 Å². The molecule has 0 saturated carbocycles. The molecular formula is C20H20O. The molecule has 0 saturated heterocycles. The highest BCUT2D eigenvalue weighted by molar-refractivity contribution is 6.04. The minimum Gasteiger partial charge on any atom is -0.294 e. The number of benzene rings is 2. The predicted molar refractivity (Wildman–Crippen MR) is 89.5 cm³/mol. The molecule has 3 rings (SSSR count). The second kappa shape index (κ2) is 5.00. The molecule has 0 heterocycles. The fourth-order valence-electron chi connectivity index (χ4n) is 3.16. The quantitative estimate of drug-likeness (QED) is 0.657. The molecule has 0 amide bonds. The van der Waals surface area contributed by atoms with E-state index >= 15 is 0 Å². The average Bonchev–Trinajstić information content (AvgIpc) is 2.73. The van der Waals surface area contributed by atoms with Crippen LogP contribution in [0.1, 0.15) is 50.0 Å². The number of carbonyl (C=O) groups is 1. The molecule has 0 aliphatic heterocycles. The van der Waals surface area contributed by atoms with Crippen molar-refractivity contribution in [3.63, 3.8) is 0 Å². The molecule has 0 spiro atoms. The van der Waals surface area contributed by atoms with E-state index in [1.54, 1.807) is 6.92 Å². The number of carbonyl (C=O) groups excluding carboxylic acids is 1. The van der Waals surface area contributed by atoms with Crippen molar-refractivity contribution in [1.82, 2.24) is 0 Å². The Bertz CT molecular complexity index is 819. The SMILES string of the molecule is CC(=O)c1cc2ccccc2cc1C1=C(C)C(C)=C(C)C1. The first-order valence-electron chi connectivity index (χ1n) is 7.39. The lowest BCUT2D eigenvalue weighted by Gasteiger charge is -2.12. The standard InChI is InChI=1S/C20H20O/c1-12-9-18(14(3)13(12)2)20-11-17-8-6-5-7-16(17)10-19(20)15(4)21/h5-8,10-11H,9H2,1-4H3. The monoisotopic (exact) mass is 276 g/mol. The molecule has 0 radical (unpaired) electrons. The lowest BCUT2D eigenvalue weighted by molar-refractivity contribution is 0.101. The number of rotatable bonds is 2. The Labute approximate surface area is 126 Å². The van der Waals surface area contributed by atoms with Crippen molar-refractivity contribution in [2.45, 2.75) is 34.1 Å². The highest BCUT2D eigenvalue weighted by Gasteiger charge is 2.21. The highest BCUT2D eigenvalue weighted by Crippen LogP contribution is 2.40. The van der Waals surface area contributed by atoms with Crippen LogP contribution in [0, 0.1) is 0 Å². The molecule has 1 aliphatic rings. The van der Waals surface area contributed by atoms with Gasteiger partial charge in [-0.1, -0.05) is 29.8 Å². The molecule has 21 heavy (non-hydrogen) atoms. The van der Waals surface area contributed by atoms with E-state index in [1.165, 1.54) is 27.7 Å². The zero-order valence-corrected chi connectivity index (χ0v) is 13.1. The summed E-state index contributed by atoms with van der Waals surface area (Å²) >= 11 is 0. The van der Waals surface area contributed by atoms with Gasteiger partial charge in [-0.05, 0) is 79.3 Å². The molecule has 2 aromatic rings. The Hall–Kier alpha value is -2.15. The Morgan fingerprint density at radius 2 is 1.57 bits per heavy atom. The van der Waals surface area contributed by atoms with Crippen molar-refractivity contribution in [3.05, 3.63) is 64.2 Å². The van der Waals surface area contributed by atoms with Gasteiger partial charge in [-0.25, -0.2) is 0 Å². The number of Topliss-reactive ketones (excluding diaryl/α,β-unsaturated/α-hetero) is 1. The fourth-order valence-corrected chi connectivity index (χ4v) is 3.16. The fraction of sp³-hybridized carbons (Fsp3) is 0.250. The molecule has 0 aromatic heterocycles. The average molecular weight is 276 g/mol. The van der Waals surface area contributed by atoms with Crippen molar-refractivity contribution in [2.24, 2.45) is 0 Å². The van der Waals surface area contributed by atoms with Gasteiger partial charge in [0.2, 0.25) is 0 Å². The largest absolute Gasteiger partial charge is 0.294 e. The van der Waals surface area contributed by atoms with E-state index in [-0.39, 0.29) is 5.78 Å². The van der Waals surface area contributed by atoms with Crippen LogP contribution in [0.3, 0.4) is 0 Å². The first-order chi connectivity index (χ1) is 9.99. The van der Waals surface area contributed by atoms with Crippen LogP contribution in [0.2, 0.25) is 0 Å². The van der Waals surface area contributed by atoms with Crippen molar-refractivity contribution < 1.29 is 4.79 Å². The number of hydrogen-bond acceptors (Lipinski definition) is 1. The van der Waals surface area contributed by atoms with Crippen LogP contribution in [-0.4, -0.2) is 5.78 Å². The molecule has 1 nitrogen and oxygen atoms in total. The zero-order valence-electron chi connectivity index (χ0n) is 13.1. The van der Waals surface area contributed by atoms with Crippen LogP contribution in [0.15, 0.2) is 53.1 Å². The maximum Gasteiger partial charge on any atom is 0.160 e. The third-order valence-electron chi connectivity index (χ3n) is 4.69. The lowest BCUT2D eigenvalue weighted by atomic mass is 9.91. The number of fused-ring (bicyclic) bond motifs is 1. The second-order valence-electron chi connectivity index (χ2n) is 5.99. The minimum atomic E-state index is 0.137. The van der Waals surface area contributed by atoms with Crippen molar-refractivity contribution in [1.29, 1.82) is 0 Å². The Kier molecular flexibility index (Phi) is 3.29. The minimum absolute atomic E-state index is 0.137. The van der Waals surface area contributed by atoms with Gasteiger partial charge in [-0.15, -0.1) is 0 Å². The molecule has 0 bridgehead atoms. The van der Waals surface area contributed by atoms with Gasteiger partial charge in [0, 0.05) is 5.56 Å². The van der Waals surface area contributed by atoms with Gasteiger partial charge in [0.15, 0.2) is 5.78 Å². The molecule has 0 N–H and O–H groups in total. The van der Waals surface area contributed by atoms with Crippen LogP contribution in [0.4, 0.5) is 0 Å². The maximum atomic E-state index is 12.1. The second-order valence-corrected chi connectivity index (χ2v) is 5.99. The summed E-state index contributed by atoms with van der Waals surface area (Å²) in [5.41, 5.74) is 7.35. The van der Waals surface area contributed by atoms with Crippen molar-refractivity contribution in [3.8, 4) is 0 Å². The number of hydrogen-bond donors (Lipinski definition) is 0. The van der Waals surface area contributed by atoms with E-state index in [0.29, 0.717) is 0 Å². The summed E-state index contributed by atoms with van der Waals surface area (Å²) in [4.78, 5) is 12.1. The molecule has 0 fully saturated rings. The molecule has 106 valence electrons. The summed E-state index contributed by atoms with van der Waals surface area (Å²) < 4.78 is 0. The highest BCUT2D eigenvalue weighted by atomic mass is 16.1. The molecule has 2 aromatic carbocycles. The summed E-state index contributed by atoms with van der Waals surface area (Å²) in [5.74, 6) is 0.137. The van der Waals surface area contributed by atoms with Crippen LogP contribution >= 0.6 is 0 Å². The van der Waals surface area contributed by atoms with Crippen LogP contribution in [0.25, 0.3) is 16.3 Å². The Balaban J connectivity index is 2.28. The third kappa shape index (κ3) is 2.23. The van der Waals surface area contributed by atoms with Crippen molar-refractivity contribution in [2.75, 3.05) is 0 Å². The van der Waals surface area contributed by atoms with Gasteiger partial charge >= 0.3 is 0 Å². The van der Waals surface area contributed by atoms with Gasteiger partial charge < -0.3 is 0 Å². The first kappa shape index (κ1) is 13.8. The van der Waals surface area contributed by atoms with E-state index < -0.39 is 0 Å². The summed E-state index contributed by atoms with van der Waals surface area (Å²) in [6.07, 6.45) is 0.955. The molecule has 1 heteroatoms. The molecule has 0 atom stereocenters. The van der Waals surface area contributed by atoms with Crippen LogP contribution in [-0.2, 0) is 0 Å². The number of ketones is 1. The smallest absolute Gasteiger partial charge is 0.160 e. The molecule has 1 aliphatic carbocycles. The van der Waals surface area contributed by atoms with Gasteiger partial charge in [-0.3, -0.25) is 4.79 Å². The van der Waals surface area contributed by atoms with Gasteiger partial charge in [0.25, 0.3) is 0 Å². The Morgan fingerprint density at radius 1 is 0.952 bits per heavy atom. The van der Waals surface area contributed by atoms with Gasteiger partial charge in [0.1, 0.15) is 0 Å². The van der Waals surface area contributed by atoms with Gasteiger partial charge in [0.05, 0.1) is 0 Å². The predicted octanol–water partition coefficient (Wildman–Crippen LogP) is 5.56. The lowest BCUT2D eigenvalue weighted by Crippen LogP contribution is -2.00. The van der Waals surface area contributed by atoms with E-state index in [0.717, 1.165) is 22.9 Å². The third-order valence-corrected chi connectivity index (χ3v) is 4.69. The van der Waals surface area contributed by atoms with E-state index in [4.69, 9.17) is 0 Å². The number of allylic oxidation sites excluding steroid dienone is 4. The topological polar surface area (TPSA) is 17.1 Å². The normalized spacial score (nSPS) is 15.2. The molecular weight excluding hydrogens is 256 g/mol. The molecule has 0 unspecified atom stereocenters. The van der Waals surface area contributed by atoms with Gasteiger partial charge in [-0.2, -0.15) is 0 Å². The summed E-state index contributed by atoms with van der Waals surface area (Å²) in [7, 11) is 0. The summed E-state index contributed by atoms with van der Waals surface area (Å²) in [6.45, 7) is 8.18. The zero-order chi connectivity index (χ0) is 15.1. The summed E-state index contributed by atoms with van der Waals surface area (Å²) in [5, 5.41) is 2.32. The maximum absolute atomic E-state index is 12.1. The summed E-state index contributed by atoms with van der Waals surface area (Å²) in [6, 6.07) is 12.5. The first-order valence-corrected chi connectivity index (χ1v) is 7.39.